The number of carbonyl (C=O) groups is 1. The van der Waals surface area contributed by atoms with Gasteiger partial charge in [-0.3, -0.25) is 4.79 Å². The van der Waals surface area contributed by atoms with Gasteiger partial charge in [-0.15, -0.1) is 13.2 Å². The van der Waals surface area contributed by atoms with Crippen molar-refractivity contribution in [1.29, 1.82) is 0 Å². The lowest BCUT2D eigenvalue weighted by Gasteiger charge is -2.15. The number of rotatable bonds is 3. The summed E-state index contributed by atoms with van der Waals surface area (Å²) in [5, 5.41) is 0. The summed E-state index contributed by atoms with van der Waals surface area (Å²) in [7, 11) is 0. The fraction of sp³-hybridized carbons (Fsp3) is 0.133. The molecule has 0 unspecified atom stereocenters. The molecule has 23 heavy (non-hydrogen) atoms. The Hall–Kier alpha value is -2.51. The lowest BCUT2D eigenvalue weighted by molar-refractivity contribution is -0.274. The molecular formula is C15H8F6O2. The van der Waals surface area contributed by atoms with E-state index < -0.39 is 23.9 Å². The number of carbonyl (C=O) groups excluding carboxylic acids is 1. The zero-order valence-electron chi connectivity index (χ0n) is 11.2. The Kier molecular flexibility index (Phi) is 4.35. The van der Waals surface area contributed by atoms with Gasteiger partial charge in [-0.05, 0) is 29.8 Å². The van der Waals surface area contributed by atoms with Crippen molar-refractivity contribution in [3.8, 4) is 16.9 Å². The first-order valence-electron chi connectivity index (χ1n) is 6.13. The minimum atomic E-state index is -4.99. The summed E-state index contributed by atoms with van der Waals surface area (Å²) in [6.07, 6.45) is -9.55. The van der Waals surface area contributed by atoms with Gasteiger partial charge in [-0.25, -0.2) is 0 Å². The number of halogens is 6. The monoisotopic (exact) mass is 334 g/mol. The summed E-state index contributed by atoms with van der Waals surface area (Å²) in [6, 6.07) is 7.07. The van der Waals surface area contributed by atoms with Gasteiger partial charge in [0.25, 0.3) is 0 Å². The first kappa shape index (κ1) is 16.9. The molecule has 2 aromatic carbocycles. The molecule has 0 aliphatic carbocycles. The second-order valence-electron chi connectivity index (χ2n) is 4.50. The number of alkyl halides is 6. The highest BCUT2D eigenvalue weighted by Gasteiger charge is 2.33. The number of hydrogen-bond donors (Lipinski definition) is 0. The molecule has 0 aliphatic rings. The number of benzene rings is 2. The largest absolute Gasteiger partial charge is 0.573 e. The smallest absolute Gasteiger partial charge is 0.405 e. The summed E-state index contributed by atoms with van der Waals surface area (Å²) in [6.45, 7) is 0. The Morgan fingerprint density at radius 2 is 1.57 bits per heavy atom. The van der Waals surface area contributed by atoms with Crippen molar-refractivity contribution < 1.29 is 35.9 Å². The Morgan fingerprint density at radius 3 is 2.13 bits per heavy atom. The van der Waals surface area contributed by atoms with Crippen LogP contribution in [-0.2, 0) is 6.18 Å². The van der Waals surface area contributed by atoms with Crippen LogP contribution in [0.15, 0.2) is 42.5 Å². The van der Waals surface area contributed by atoms with Crippen LogP contribution < -0.4 is 4.74 Å². The average Bonchev–Trinajstić information content (AvgIpc) is 2.44. The van der Waals surface area contributed by atoms with Gasteiger partial charge in [0.05, 0.1) is 5.56 Å². The second kappa shape index (κ2) is 5.94. The third-order valence-electron chi connectivity index (χ3n) is 2.84. The van der Waals surface area contributed by atoms with Gasteiger partial charge in [0, 0.05) is 11.1 Å². The SMILES string of the molecule is O=Cc1cc(-c2ccccc2OC(F)(F)F)cc(C(F)(F)F)c1. The standard InChI is InChI=1S/C15H8F6O2/c16-14(17,18)11-6-9(8-22)5-10(7-11)12-3-1-2-4-13(12)23-15(19,20)21/h1-8H. The van der Waals surface area contributed by atoms with Gasteiger partial charge in [-0.1, -0.05) is 18.2 Å². The van der Waals surface area contributed by atoms with Gasteiger partial charge in [0.15, 0.2) is 0 Å². The van der Waals surface area contributed by atoms with E-state index in [2.05, 4.69) is 4.74 Å². The summed E-state index contributed by atoms with van der Waals surface area (Å²) in [5.74, 6) is -0.656. The van der Waals surface area contributed by atoms with Gasteiger partial charge < -0.3 is 4.74 Å². The molecule has 0 spiro atoms. The molecule has 0 saturated carbocycles. The highest BCUT2D eigenvalue weighted by Crippen LogP contribution is 2.37. The van der Waals surface area contributed by atoms with Crippen LogP contribution in [0.4, 0.5) is 26.3 Å². The third-order valence-corrected chi connectivity index (χ3v) is 2.84. The van der Waals surface area contributed by atoms with E-state index in [1.807, 2.05) is 0 Å². The fourth-order valence-electron chi connectivity index (χ4n) is 1.96. The molecule has 0 aromatic heterocycles. The van der Waals surface area contributed by atoms with E-state index in [9.17, 15) is 31.1 Å². The molecule has 8 heteroatoms. The molecule has 0 heterocycles. The summed E-state index contributed by atoms with van der Waals surface area (Å²) in [4.78, 5) is 10.8. The van der Waals surface area contributed by atoms with E-state index in [0.29, 0.717) is 12.1 Å². The molecule has 0 aliphatic heterocycles. The molecule has 0 N–H and O–H groups in total. The van der Waals surface area contributed by atoms with Crippen molar-refractivity contribution in [3.05, 3.63) is 53.6 Å². The van der Waals surface area contributed by atoms with E-state index in [0.717, 1.165) is 12.1 Å². The van der Waals surface area contributed by atoms with Crippen LogP contribution in [0.25, 0.3) is 11.1 Å². The van der Waals surface area contributed by atoms with Crippen molar-refractivity contribution in [2.45, 2.75) is 12.5 Å². The zero-order chi connectivity index (χ0) is 17.3. The minimum Gasteiger partial charge on any atom is -0.405 e. The first-order chi connectivity index (χ1) is 10.6. The van der Waals surface area contributed by atoms with Crippen molar-refractivity contribution in [2.24, 2.45) is 0 Å². The Balaban J connectivity index is 2.60. The topological polar surface area (TPSA) is 26.3 Å². The van der Waals surface area contributed by atoms with Gasteiger partial charge in [-0.2, -0.15) is 13.2 Å². The zero-order valence-corrected chi connectivity index (χ0v) is 11.2. The maximum atomic E-state index is 12.8. The molecule has 2 rings (SSSR count). The highest BCUT2D eigenvalue weighted by molar-refractivity contribution is 5.81. The van der Waals surface area contributed by atoms with Crippen molar-refractivity contribution >= 4 is 6.29 Å². The van der Waals surface area contributed by atoms with Crippen molar-refractivity contribution in [2.75, 3.05) is 0 Å². The maximum absolute atomic E-state index is 12.8. The van der Waals surface area contributed by atoms with E-state index in [-0.39, 0.29) is 23.0 Å². The first-order valence-corrected chi connectivity index (χ1v) is 6.13. The number of aldehydes is 1. The van der Waals surface area contributed by atoms with E-state index in [1.54, 1.807) is 0 Å². The molecular weight excluding hydrogens is 326 g/mol. The van der Waals surface area contributed by atoms with Crippen molar-refractivity contribution in [3.63, 3.8) is 0 Å². The van der Waals surface area contributed by atoms with Gasteiger partial charge >= 0.3 is 12.5 Å². The fourth-order valence-corrected chi connectivity index (χ4v) is 1.96. The van der Waals surface area contributed by atoms with E-state index >= 15 is 0 Å². The Morgan fingerprint density at radius 1 is 0.913 bits per heavy atom. The van der Waals surface area contributed by atoms with E-state index in [4.69, 9.17) is 0 Å². The van der Waals surface area contributed by atoms with Crippen LogP contribution in [0.5, 0.6) is 5.75 Å². The van der Waals surface area contributed by atoms with E-state index in [1.165, 1.54) is 18.2 Å². The van der Waals surface area contributed by atoms with Crippen LogP contribution in [0.1, 0.15) is 15.9 Å². The molecule has 122 valence electrons. The molecule has 0 atom stereocenters. The van der Waals surface area contributed by atoms with Crippen LogP contribution in [0.2, 0.25) is 0 Å². The maximum Gasteiger partial charge on any atom is 0.573 e. The van der Waals surface area contributed by atoms with Crippen LogP contribution in [0.3, 0.4) is 0 Å². The Labute approximate surface area is 126 Å². The van der Waals surface area contributed by atoms with Crippen LogP contribution in [-0.4, -0.2) is 12.6 Å². The average molecular weight is 334 g/mol. The van der Waals surface area contributed by atoms with Crippen LogP contribution >= 0.6 is 0 Å². The third kappa shape index (κ3) is 4.24. The predicted octanol–water partition coefficient (Wildman–Crippen LogP) is 5.08. The quantitative estimate of drug-likeness (QED) is 0.578. The van der Waals surface area contributed by atoms with Crippen molar-refractivity contribution in [1.82, 2.24) is 0 Å². The number of hydrogen-bond acceptors (Lipinski definition) is 2. The molecule has 0 saturated heterocycles. The lowest BCUT2D eigenvalue weighted by atomic mass is 9.99. The van der Waals surface area contributed by atoms with Gasteiger partial charge in [0.2, 0.25) is 0 Å². The lowest BCUT2D eigenvalue weighted by Crippen LogP contribution is -2.17. The minimum absolute atomic E-state index is 0.186. The molecule has 0 amide bonds. The molecule has 0 fully saturated rings. The molecule has 2 nitrogen and oxygen atoms in total. The number of ether oxygens (including phenoxy) is 1. The normalized spacial score (nSPS) is 12.1. The second-order valence-corrected chi connectivity index (χ2v) is 4.50. The summed E-state index contributed by atoms with van der Waals surface area (Å²) in [5.41, 5.74) is -1.86. The highest BCUT2D eigenvalue weighted by atomic mass is 19.4. The molecule has 0 radical (unpaired) electrons. The summed E-state index contributed by atoms with van der Waals surface area (Å²) >= 11 is 0. The number of para-hydroxylation sites is 1. The van der Waals surface area contributed by atoms with Gasteiger partial charge in [0.1, 0.15) is 12.0 Å². The Bertz CT molecular complexity index is 719. The molecule has 2 aromatic rings. The van der Waals surface area contributed by atoms with Crippen LogP contribution in [0, 0.1) is 0 Å². The predicted molar refractivity (Wildman–Crippen MR) is 69.0 cm³/mol. The summed E-state index contributed by atoms with van der Waals surface area (Å²) < 4.78 is 79.5. The molecule has 0 bridgehead atoms.